The zero-order valence-electron chi connectivity index (χ0n) is 18.7. The third kappa shape index (κ3) is 5.51. The molecule has 3 aliphatic rings. The van der Waals surface area contributed by atoms with Gasteiger partial charge in [0.25, 0.3) is 0 Å². The van der Waals surface area contributed by atoms with Gasteiger partial charge >= 0.3 is 6.18 Å². The van der Waals surface area contributed by atoms with Gasteiger partial charge in [-0.15, -0.1) is 0 Å². The summed E-state index contributed by atoms with van der Waals surface area (Å²) in [7, 11) is 0. The molecule has 2 heterocycles. The molecule has 0 bridgehead atoms. The number of rotatable bonds is 5. The van der Waals surface area contributed by atoms with E-state index < -0.39 is 22.7 Å². The highest BCUT2D eigenvalue weighted by Crippen LogP contribution is 2.36. The molecule has 0 spiro atoms. The van der Waals surface area contributed by atoms with E-state index in [1.54, 1.807) is 9.80 Å². The van der Waals surface area contributed by atoms with Crippen molar-refractivity contribution in [3.05, 3.63) is 40.9 Å². The Hall–Kier alpha value is -2.92. The van der Waals surface area contributed by atoms with Gasteiger partial charge in [-0.25, -0.2) is 0 Å². The maximum Gasteiger partial charge on any atom is 0.417 e. The van der Waals surface area contributed by atoms with Crippen molar-refractivity contribution in [3.63, 3.8) is 0 Å². The van der Waals surface area contributed by atoms with Crippen LogP contribution >= 0.6 is 11.6 Å². The molecule has 2 atom stereocenters. The zero-order valence-corrected chi connectivity index (χ0v) is 19.4. The number of piperazine rings is 1. The van der Waals surface area contributed by atoms with Crippen molar-refractivity contribution in [1.82, 2.24) is 14.7 Å². The summed E-state index contributed by atoms with van der Waals surface area (Å²) in [6.45, 7) is 0.982. The minimum atomic E-state index is -4.64. The average Bonchev–Trinajstić information content (AvgIpc) is 3.05. The fourth-order valence-electron chi connectivity index (χ4n) is 4.64. The Morgan fingerprint density at radius 3 is 2.14 bits per heavy atom. The summed E-state index contributed by atoms with van der Waals surface area (Å²) >= 11 is 5.60. The van der Waals surface area contributed by atoms with Crippen LogP contribution in [0.3, 0.4) is 0 Å². The maximum absolute atomic E-state index is 13.0. The van der Waals surface area contributed by atoms with Crippen molar-refractivity contribution in [2.24, 2.45) is 11.8 Å². The SMILES string of the molecule is O=C(CN1CCN(C(=O)CN2C(=O)C3CC=CCC3C2=O)CC1)Nc1ccc(Cl)c(C(F)(F)F)c1. The smallest absolute Gasteiger partial charge is 0.339 e. The largest absolute Gasteiger partial charge is 0.417 e. The molecule has 0 radical (unpaired) electrons. The minimum absolute atomic E-state index is 0.0174. The molecule has 2 fully saturated rings. The first kappa shape index (κ1) is 25.2. The number of fused-ring (bicyclic) bond motifs is 1. The Labute approximate surface area is 204 Å². The van der Waals surface area contributed by atoms with Gasteiger partial charge in [0.05, 0.1) is 29.0 Å². The second-order valence-electron chi connectivity index (χ2n) is 8.82. The quantitative estimate of drug-likeness (QED) is 0.483. The molecule has 1 aromatic carbocycles. The van der Waals surface area contributed by atoms with Crippen molar-refractivity contribution in [2.75, 3.05) is 44.6 Å². The Kier molecular flexibility index (Phi) is 7.18. The molecular weight excluding hydrogens is 489 g/mol. The lowest BCUT2D eigenvalue weighted by atomic mass is 9.85. The Balaban J connectivity index is 1.25. The molecule has 4 amide bonds. The van der Waals surface area contributed by atoms with Gasteiger partial charge in [0.1, 0.15) is 6.54 Å². The number of anilines is 1. The van der Waals surface area contributed by atoms with E-state index in [1.807, 2.05) is 12.2 Å². The van der Waals surface area contributed by atoms with Gasteiger partial charge in [0.2, 0.25) is 23.6 Å². The summed E-state index contributed by atoms with van der Waals surface area (Å²) in [6, 6.07) is 3.15. The first-order valence-electron chi connectivity index (χ1n) is 11.2. The number of halogens is 4. The summed E-state index contributed by atoms with van der Waals surface area (Å²) in [5, 5.41) is 1.98. The molecular formula is C23H24ClF3N4O4. The summed E-state index contributed by atoms with van der Waals surface area (Å²) in [5.74, 6) is -2.20. The van der Waals surface area contributed by atoms with E-state index >= 15 is 0 Å². The number of imide groups is 1. The van der Waals surface area contributed by atoms with E-state index in [-0.39, 0.29) is 48.3 Å². The van der Waals surface area contributed by atoms with Crippen LogP contribution < -0.4 is 5.32 Å². The van der Waals surface area contributed by atoms with Crippen LogP contribution in [0.2, 0.25) is 5.02 Å². The highest BCUT2D eigenvalue weighted by atomic mass is 35.5. The van der Waals surface area contributed by atoms with Gasteiger partial charge < -0.3 is 10.2 Å². The van der Waals surface area contributed by atoms with Crippen LogP contribution in [0.5, 0.6) is 0 Å². The van der Waals surface area contributed by atoms with Crippen LogP contribution in [0, 0.1) is 11.8 Å². The number of carbonyl (C=O) groups is 4. The fourth-order valence-corrected chi connectivity index (χ4v) is 4.86. The molecule has 35 heavy (non-hydrogen) atoms. The van der Waals surface area contributed by atoms with E-state index in [0.29, 0.717) is 39.0 Å². The monoisotopic (exact) mass is 512 g/mol. The summed E-state index contributed by atoms with van der Waals surface area (Å²) in [4.78, 5) is 54.6. The van der Waals surface area contributed by atoms with Gasteiger partial charge in [-0.2, -0.15) is 13.2 Å². The topological polar surface area (TPSA) is 90.0 Å². The van der Waals surface area contributed by atoms with Crippen LogP contribution in [0.1, 0.15) is 18.4 Å². The minimum Gasteiger partial charge on any atom is -0.339 e. The molecule has 12 heteroatoms. The van der Waals surface area contributed by atoms with Crippen LogP contribution in [0.4, 0.5) is 18.9 Å². The highest BCUT2D eigenvalue weighted by Gasteiger charge is 2.48. The third-order valence-electron chi connectivity index (χ3n) is 6.54. The van der Waals surface area contributed by atoms with Gasteiger partial charge in [0.15, 0.2) is 0 Å². The van der Waals surface area contributed by atoms with Crippen molar-refractivity contribution >= 4 is 40.9 Å². The fraction of sp³-hybridized carbons (Fsp3) is 0.478. The maximum atomic E-state index is 13.0. The second kappa shape index (κ2) is 9.98. The Bertz CT molecular complexity index is 1040. The molecule has 188 valence electrons. The summed E-state index contributed by atoms with van der Waals surface area (Å²) in [5.41, 5.74) is -1.05. The molecule has 8 nitrogen and oxygen atoms in total. The van der Waals surface area contributed by atoms with Gasteiger partial charge in [0, 0.05) is 31.9 Å². The van der Waals surface area contributed by atoms with Gasteiger partial charge in [-0.1, -0.05) is 23.8 Å². The molecule has 1 aliphatic carbocycles. The first-order valence-corrected chi connectivity index (χ1v) is 11.6. The van der Waals surface area contributed by atoms with Crippen LogP contribution in [0.15, 0.2) is 30.4 Å². The standard InChI is InChI=1S/C23H24ClF3N4O4/c24-18-6-5-14(11-17(18)23(25,26)27)28-19(32)12-29-7-9-30(10-8-29)20(33)13-31-21(34)15-3-1-2-4-16(15)22(31)35/h1-2,5-6,11,15-16H,3-4,7-10,12-13H2,(H,28,32). The normalized spacial score (nSPS) is 23.0. The van der Waals surface area contributed by atoms with Gasteiger partial charge in [-0.05, 0) is 31.0 Å². The van der Waals surface area contributed by atoms with E-state index in [0.717, 1.165) is 17.0 Å². The molecule has 4 rings (SSSR count). The number of amides is 4. The van der Waals surface area contributed by atoms with Crippen molar-refractivity contribution in [2.45, 2.75) is 19.0 Å². The second-order valence-corrected chi connectivity index (χ2v) is 9.22. The van der Waals surface area contributed by atoms with E-state index in [2.05, 4.69) is 5.32 Å². The predicted octanol–water partition coefficient (Wildman–Crippen LogP) is 2.39. The lowest BCUT2D eigenvalue weighted by Crippen LogP contribution is -2.53. The zero-order chi connectivity index (χ0) is 25.3. The molecule has 1 N–H and O–H groups in total. The van der Waals surface area contributed by atoms with Gasteiger partial charge in [-0.3, -0.25) is 29.0 Å². The number of likely N-dealkylation sites (tertiary alicyclic amines) is 1. The molecule has 2 unspecified atom stereocenters. The molecule has 0 saturated carbocycles. The number of hydrogen-bond acceptors (Lipinski definition) is 5. The Morgan fingerprint density at radius 1 is 0.971 bits per heavy atom. The molecule has 2 saturated heterocycles. The van der Waals surface area contributed by atoms with Crippen LogP contribution in [-0.2, 0) is 25.4 Å². The van der Waals surface area contributed by atoms with Crippen molar-refractivity contribution < 1.29 is 32.3 Å². The number of hydrogen-bond donors (Lipinski definition) is 1. The number of benzene rings is 1. The van der Waals surface area contributed by atoms with Crippen LogP contribution in [0.25, 0.3) is 0 Å². The third-order valence-corrected chi connectivity index (χ3v) is 6.87. The van der Waals surface area contributed by atoms with E-state index in [4.69, 9.17) is 11.6 Å². The van der Waals surface area contributed by atoms with Crippen molar-refractivity contribution in [3.8, 4) is 0 Å². The Morgan fingerprint density at radius 2 is 1.57 bits per heavy atom. The average molecular weight is 513 g/mol. The molecule has 1 aromatic rings. The highest BCUT2D eigenvalue weighted by molar-refractivity contribution is 6.31. The first-order chi connectivity index (χ1) is 16.5. The van der Waals surface area contributed by atoms with E-state index in [1.165, 1.54) is 6.07 Å². The predicted molar refractivity (Wildman–Crippen MR) is 120 cm³/mol. The van der Waals surface area contributed by atoms with E-state index in [9.17, 15) is 32.3 Å². The molecule has 2 aliphatic heterocycles. The summed E-state index contributed by atoms with van der Waals surface area (Å²) in [6.07, 6.45) is 0.146. The number of allylic oxidation sites excluding steroid dienone is 2. The van der Waals surface area contributed by atoms with Crippen molar-refractivity contribution in [1.29, 1.82) is 0 Å². The summed E-state index contributed by atoms with van der Waals surface area (Å²) < 4.78 is 39.0. The number of alkyl halides is 3. The lowest BCUT2D eigenvalue weighted by Gasteiger charge is -2.35. The molecule has 0 aromatic heterocycles. The number of carbonyl (C=O) groups excluding carboxylic acids is 4. The van der Waals surface area contributed by atoms with Crippen LogP contribution in [-0.4, -0.2) is 77.6 Å². The number of nitrogens with zero attached hydrogens (tertiary/aromatic N) is 3. The lowest BCUT2D eigenvalue weighted by molar-refractivity contribution is -0.147. The number of nitrogens with one attached hydrogen (secondary N) is 1.